The quantitative estimate of drug-likeness (QED) is 0.431. The zero-order valence-corrected chi connectivity index (χ0v) is 17.8. The Morgan fingerprint density at radius 3 is 2.45 bits per heavy atom. The average Bonchev–Trinajstić information content (AvgIpc) is 2.74. The summed E-state index contributed by atoms with van der Waals surface area (Å²) in [6.07, 6.45) is 0.691. The highest BCUT2D eigenvalue weighted by molar-refractivity contribution is 6.07. The van der Waals surface area contributed by atoms with E-state index in [0.717, 1.165) is 22.4 Å². The summed E-state index contributed by atoms with van der Waals surface area (Å²) < 4.78 is 0. The Morgan fingerprint density at radius 2 is 1.74 bits per heavy atom. The SMILES string of the molecule is Cc1ccc(C(=O)N2c3ccc(C)cc3C(Nc3cccc([N+](=O)[O-])c3)CC2C)cc1. The molecule has 6 heteroatoms. The summed E-state index contributed by atoms with van der Waals surface area (Å²) in [5.74, 6) is -0.0218. The number of rotatable bonds is 4. The fourth-order valence-corrected chi connectivity index (χ4v) is 4.18. The van der Waals surface area contributed by atoms with Gasteiger partial charge in [0.05, 0.1) is 11.0 Å². The minimum absolute atomic E-state index is 0.0218. The molecule has 0 spiro atoms. The number of hydrogen-bond donors (Lipinski definition) is 1. The number of anilines is 2. The Kier molecular flexibility index (Phi) is 5.46. The van der Waals surface area contributed by atoms with Crippen molar-refractivity contribution in [1.29, 1.82) is 0 Å². The molecule has 31 heavy (non-hydrogen) atoms. The van der Waals surface area contributed by atoms with E-state index in [1.165, 1.54) is 6.07 Å². The molecule has 0 bridgehead atoms. The molecule has 1 aliphatic heterocycles. The minimum Gasteiger partial charge on any atom is -0.378 e. The Bertz CT molecular complexity index is 1140. The van der Waals surface area contributed by atoms with Crippen LogP contribution < -0.4 is 10.2 Å². The second kappa shape index (κ2) is 8.22. The number of fused-ring (bicyclic) bond motifs is 1. The van der Waals surface area contributed by atoms with Crippen LogP contribution in [0.2, 0.25) is 0 Å². The third-order valence-electron chi connectivity index (χ3n) is 5.75. The van der Waals surface area contributed by atoms with Crippen LogP contribution in [0.4, 0.5) is 17.1 Å². The number of hydrogen-bond acceptors (Lipinski definition) is 4. The van der Waals surface area contributed by atoms with Crippen molar-refractivity contribution < 1.29 is 9.72 Å². The molecule has 3 aromatic carbocycles. The van der Waals surface area contributed by atoms with Crippen molar-refractivity contribution in [3.8, 4) is 0 Å². The third-order valence-corrected chi connectivity index (χ3v) is 5.75. The smallest absolute Gasteiger partial charge is 0.271 e. The fourth-order valence-electron chi connectivity index (χ4n) is 4.18. The predicted octanol–water partition coefficient (Wildman–Crippen LogP) is 5.80. The Hall–Kier alpha value is -3.67. The van der Waals surface area contributed by atoms with E-state index in [0.29, 0.717) is 17.7 Å². The summed E-state index contributed by atoms with van der Waals surface area (Å²) in [5.41, 5.74) is 5.51. The lowest BCUT2D eigenvalue weighted by Gasteiger charge is -2.40. The number of aryl methyl sites for hydroxylation is 2. The maximum atomic E-state index is 13.4. The van der Waals surface area contributed by atoms with Gasteiger partial charge in [0, 0.05) is 35.1 Å². The lowest BCUT2D eigenvalue weighted by atomic mass is 9.89. The van der Waals surface area contributed by atoms with Crippen LogP contribution in [-0.2, 0) is 0 Å². The third kappa shape index (κ3) is 4.14. The van der Waals surface area contributed by atoms with Crippen LogP contribution >= 0.6 is 0 Å². The van der Waals surface area contributed by atoms with E-state index in [1.54, 1.807) is 12.1 Å². The molecule has 3 aromatic rings. The molecule has 1 N–H and O–H groups in total. The van der Waals surface area contributed by atoms with Crippen LogP contribution in [0.25, 0.3) is 0 Å². The first-order valence-corrected chi connectivity index (χ1v) is 10.4. The topological polar surface area (TPSA) is 75.5 Å². The number of nitrogens with one attached hydrogen (secondary N) is 1. The molecule has 1 heterocycles. The molecule has 0 fully saturated rings. The molecular weight excluding hydrogens is 390 g/mol. The Labute approximate surface area is 181 Å². The van der Waals surface area contributed by atoms with E-state index in [2.05, 4.69) is 11.4 Å². The van der Waals surface area contributed by atoms with Gasteiger partial charge in [-0.15, -0.1) is 0 Å². The first-order valence-electron chi connectivity index (χ1n) is 10.4. The van der Waals surface area contributed by atoms with Crippen molar-refractivity contribution in [2.75, 3.05) is 10.2 Å². The van der Waals surface area contributed by atoms with Gasteiger partial charge in [-0.05, 0) is 57.0 Å². The maximum Gasteiger partial charge on any atom is 0.271 e. The molecule has 0 aromatic heterocycles. The summed E-state index contributed by atoms with van der Waals surface area (Å²) >= 11 is 0. The lowest BCUT2D eigenvalue weighted by molar-refractivity contribution is -0.384. The summed E-state index contributed by atoms with van der Waals surface area (Å²) in [4.78, 5) is 26.0. The van der Waals surface area contributed by atoms with Crippen molar-refractivity contribution in [2.24, 2.45) is 0 Å². The Balaban J connectivity index is 1.70. The van der Waals surface area contributed by atoms with Crippen molar-refractivity contribution in [2.45, 2.75) is 39.3 Å². The number of nitro benzene ring substituents is 1. The van der Waals surface area contributed by atoms with Gasteiger partial charge in [-0.3, -0.25) is 14.9 Å². The fraction of sp³-hybridized carbons (Fsp3) is 0.240. The van der Waals surface area contributed by atoms with Crippen molar-refractivity contribution in [3.63, 3.8) is 0 Å². The van der Waals surface area contributed by atoms with Crippen molar-refractivity contribution >= 4 is 23.0 Å². The van der Waals surface area contributed by atoms with Crippen LogP contribution in [0.1, 0.15) is 46.4 Å². The van der Waals surface area contributed by atoms with Gasteiger partial charge in [0.1, 0.15) is 0 Å². The number of carbonyl (C=O) groups excluding carboxylic acids is 1. The van der Waals surface area contributed by atoms with Gasteiger partial charge in [0.15, 0.2) is 0 Å². The predicted molar refractivity (Wildman–Crippen MR) is 123 cm³/mol. The van der Waals surface area contributed by atoms with Crippen LogP contribution in [0.15, 0.2) is 66.7 Å². The van der Waals surface area contributed by atoms with E-state index < -0.39 is 4.92 Å². The number of benzene rings is 3. The largest absolute Gasteiger partial charge is 0.378 e. The average molecular weight is 415 g/mol. The highest BCUT2D eigenvalue weighted by atomic mass is 16.6. The van der Waals surface area contributed by atoms with E-state index in [9.17, 15) is 14.9 Å². The molecule has 6 nitrogen and oxygen atoms in total. The molecule has 0 saturated heterocycles. The maximum absolute atomic E-state index is 13.4. The van der Waals surface area contributed by atoms with Gasteiger partial charge in [0.25, 0.3) is 11.6 Å². The minimum atomic E-state index is -0.394. The first kappa shape index (κ1) is 20.6. The van der Waals surface area contributed by atoms with Gasteiger partial charge in [-0.25, -0.2) is 0 Å². The highest BCUT2D eigenvalue weighted by Crippen LogP contribution is 2.40. The highest BCUT2D eigenvalue weighted by Gasteiger charge is 2.34. The molecule has 2 unspecified atom stereocenters. The molecule has 0 radical (unpaired) electrons. The molecule has 0 saturated carbocycles. The number of nitro groups is 1. The van der Waals surface area contributed by atoms with Crippen LogP contribution in [0.5, 0.6) is 0 Å². The molecule has 0 aliphatic carbocycles. The zero-order valence-electron chi connectivity index (χ0n) is 17.8. The summed E-state index contributed by atoms with van der Waals surface area (Å²) in [5, 5.41) is 14.6. The Morgan fingerprint density at radius 1 is 1.03 bits per heavy atom. The number of carbonyl (C=O) groups is 1. The van der Waals surface area contributed by atoms with E-state index in [4.69, 9.17) is 0 Å². The summed E-state index contributed by atoms with van der Waals surface area (Å²) in [7, 11) is 0. The molecule has 4 rings (SSSR count). The van der Waals surface area contributed by atoms with Crippen molar-refractivity contribution in [3.05, 3.63) is 99.1 Å². The second-order valence-corrected chi connectivity index (χ2v) is 8.19. The lowest BCUT2D eigenvalue weighted by Crippen LogP contribution is -2.44. The molecule has 2 atom stereocenters. The van der Waals surface area contributed by atoms with Gasteiger partial charge >= 0.3 is 0 Å². The zero-order chi connectivity index (χ0) is 22.1. The second-order valence-electron chi connectivity index (χ2n) is 8.19. The van der Waals surface area contributed by atoms with Crippen LogP contribution in [0, 0.1) is 24.0 Å². The number of non-ortho nitro benzene ring substituents is 1. The molecule has 1 aliphatic rings. The van der Waals surface area contributed by atoms with E-state index in [-0.39, 0.29) is 23.7 Å². The van der Waals surface area contributed by atoms with Crippen LogP contribution in [0.3, 0.4) is 0 Å². The summed E-state index contributed by atoms with van der Waals surface area (Å²) in [6, 6.07) is 20.2. The molecule has 158 valence electrons. The van der Waals surface area contributed by atoms with Crippen LogP contribution in [-0.4, -0.2) is 16.9 Å². The summed E-state index contributed by atoms with van der Waals surface area (Å²) in [6.45, 7) is 6.06. The van der Waals surface area contributed by atoms with Gasteiger partial charge < -0.3 is 10.2 Å². The monoisotopic (exact) mass is 415 g/mol. The van der Waals surface area contributed by atoms with Gasteiger partial charge in [-0.1, -0.05) is 41.5 Å². The first-order chi connectivity index (χ1) is 14.8. The van der Waals surface area contributed by atoms with E-state index in [1.807, 2.05) is 68.1 Å². The number of amides is 1. The van der Waals surface area contributed by atoms with Gasteiger partial charge in [-0.2, -0.15) is 0 Å². The van der Waals surface area contributed by atoms with Crippen molar-refractivity contribution in [1.82, 2.24) is 0 Å². The number of nitrogens with zero attached hydrogens (tertiary/aromatic N) is 2. The standard InChI is InChI=1S/C25H25N3O3/c1-16-7-10-19(11-8-16)25(29)27-18(3)14-23(22-13-17(2)9-12-24(22)27)26-20-5-4-6-21(15-20)28(30)31/h4-13,15,18,23,26H,14H2,1-3H3. The normalized spacial score (nSPS) is 17.7. The molecule has 1 amide bonds. The van der Waals surface area contributed by atoms with Gasteiger partial charge in [0.2, 0.25) is 0 Å². The van der Waals surface area contributed by atoms with E-state index >= 15 is 0 Å². The molecular formula is C25H25N3O3.